The van der Waals surface area contributed by atoms with Crippen molar-refractivity contribution in [1.29, 1.82) is 0 Å². The fraction of sp³-hybridized carbons (Fsp3) is 0.643. The maximum atomic E-state index is 2.40. The van der Waals surface area contributed by atoms with Gasteiger partial charge in [0.25, 0.3) is 0 Å². The second-order valence-corrected chi connectivity index (χ2v) is 4.90. The quantitative estimate of drug-likeness (QED) is 0.597. The van der Waals surface area contributed by atoms with Crippen molar-refractivity contribution in [2.75, 3.05) is 0 Å². The molecule has 15 heavy (non-hydrogen) atoms. The average Bonchev–Trinajstić information content (AvgIpc) is 2.19. The first-order valence-corrected chi connectivity index (χ1v) is 6.11. The molecule has 2 atom stereocenters. The first-order chi connectivity index (χ1) is 7.08. The van der Waals surface area contributed by atoms with Crippen LogP contribution in [-0.4, -0.2) is 12.4 Å². The van der Waals surface area contributed by atoms with Gasteiger partial charge in [-0.1, -0.05) is 0 Å². The molecule has 0 nitrogen and oxygen atoms in total. The zero-order valence-corrected chi connectivity index (χ0v) is 10.8. The Morgan fingerprint density at radius 2 is 2.20 bits per heavy atom. The monoisotopic (exact) mass is 202 g/mol. The Hall–Kier alpha value is -0.585. The van der Waals surface area contributed by atoms with Crippen LogP contribution in [0.5, 0.6) is 0 Å². The van der Waals surface area contributed by atoms with E-state index in [2.05, 4.69) is 53.7 Å². The topological polar surface area (TPSA) is 0 Å². The number of hydrogen-bond acceptors (Lipinski definition) is 0. The van der Waals surface area contributed by atoms with Gasteiger partial charge >= 0.3 is 94.9 Å². The number of allylic oxidation sites excluding steroid dienone is 4. The van der Waals surface area contributed by atoms with Gasteiger partial charge in [0.1, 0.15) is 0 Å². The van der Waals surface area contributed by atoms with Crippen LogP contribution < -0.4 is 0 Å². The maximum absolute atomic E-state index is 2.40. The number of rotatable bonds is 2. The Balaban J connectivity index is 2.99. The summed E-state index contributed by atoms with van der Waals surface area (Å²) in [6.07, 6.45) is 7.25. The van der Waals surface area contributed by atoms with Crippen molar-refractivity contribution >= 4 is 12.4 Å². The van der Waals surface area contributed by atoms with Crippen LogP contribution in [0.15, 0.2) is 23.2 Å². The minimum atomic E-state index is 0.716. The van der Waals surface area contributed by atoms with Crippen molar-refractivity contribution in [3.8, 4) is 0 Å². The summed E-state index contributed by atoms with van der Waals surface area (Å²) in [4.78, 5) is 0. The van der Waals surface area contributed by atoms with Gasteiger partial charge in [0.15, 0.2) is 0 Å². The molecule has 0 bridgehead atoms. The molecule has 1 rings (SSSR count). The third-order valence-corrected chi connectivity index (χ3v) is 3.29. The Morgan fingerprint density at radius 3 is 2.67 bits per heavy atom. The van der Waals surface area contributed by atoms with Crippen molar-refractivity contribution in [1.82, 2.24) is 0 Å². The summed E-state index contributed by atoms with van der Waals surface area (Å²) in [6, 6.07) is 0. The third-order valence-electron chi connectivity index (χ3n) is 3.29. The van der Waals surface area contributed by atoms with Crippen molar-refractivity contribution in [2.45, 2.75) is 47.5 Å². The third kappa shape index (κ3) is 3.19. The van der Waals surface area contributed by atoms with E-state index in [9.17, 15) is 0 Å². The van der Waals surface area contributed by atoms with Crippen molar-refractivity contribution in [3.63, 3.8) is 0 Å². The molecule has 0 aromatic rings. The van der Waals surface area contributed by atoms with Crippen LogP contribution in [0, 0.1) is 11.8 Å². The van der Waals surface area contributed by atoms with Gasteiger partial charge in [0, 0.05) is 0 Å². The molecule has 2 unspecified atom stereocenters. The molecule has 0 radical (unpaired) electrons. The molecule has 0 fully saturated rings. The molecule has 0 saturated heterocycles. The molecule has 0 aliphatic heterocycles. The van der Waals surface area contributed by atoms with Gasteiger partial charge in [-0.2, -0.15) is 0 Å². The average molecular weight is 202 g/mol. The van der Waals surface area contributed by atoms with Gasteiger partial charge < -0.3 is 0 Å². The Kier molecular flexibility index (Phi) is 4.57. The zero-order chi connectivity index (χ0) is 11.4. The van der Waals surface area contributed by atoms with Gasteiger partial charge in [-0.15, -0.1) is 0 Å². The summed E-state index contributed by atoms with van der Waals surface area (Å²) in [5, 5.41) is 0. The second kappa shape index (κ2) is 5.49. The molecule has 0 aromatic carbocycles. The van der Waals surface area contributed by atoms with Crippen LogP contribution in [0.2, 0.25) is 0 Å². The first kappa shape index (κ1) is 12.5. The summed E-state index contributed by atoms with van der Waals surface area (Å²) in [5.41, 5.74) is 4.44. The fourth-order valence-electron chi connectivity index (χ4n) is 2.39. The van der Waals surface area contributed by atoms with Crippen LogP contribution in [0.25, 0.3) is 0 Å². The molecule has 1 heteroatoms. The van der Waals surface area contributed by atoms with Crippen LogP contribution >= 0.6 is 0 Å². The molecule has 0 N–H and O–H groups in total. The van der Waals surface area contributed by atoms with E-state index in [4.69, 9.17) is 0 Å². The standard InChI is InChI=1S/C14H23B/c1-6-12-8-11(5)14(15-10(3)4)9-13(12)7-2/h7,9,11-12H,6,8H2,1-5H3/b13-7-. The predicted molar refractivity (Wildman–Crippen MR) is 71.5 cm³/mol. The molecular weight excluding hydrogens is 179 g/mol. The molecule has 82 valence electrons. The minimum absolute atomic E-state index is 0.716. The SMILES string of the molecule is C/C=C1/C=C(B=C(C)C)C(C)CC1CC. The van der Waals surface area contributed by atoms with Gasteiger partial charge in [-0.25, -0.2) is 0 Å². The Morgan fingerprint density at radius 1 is 1.53 bits per heavy atom. The van der Waals surface area contributed by atoms with Crippen molar-refractivity contribution in [2.24, 2.45) is 11.8 Å². The van der Waals surface area contributed by atoms with E-state index >= 15 is 0 Å². The summed E-state index contributed by atoms with van der Waals surface area (Å²) in [5.74, 6) is 1.49. The number of hydrogen-bond donors (Lipinski definition) is 0. The molecule has 0 saturated carbocycles. The molecule has 0 amide bonds. The van der Waals surface area contributed by atoms with E-state index in [1.165, 1.54) is 29.4 Å². The van der Waals surface area contributed by atoms with Crippen molar-refractivity contribution in [3.05, 3.63) is 23.2 Å². The molecule has 1 aliphatic rings. The van der Waals surface area contributed by atoms with E-state index in [0.29, 0.717) is 5.92 Å². The van der Waals surface area contributed by atoms with Gasteiger partial charge in [0.2, 0.25) is 0 Å². The van der Waals surface area contributed by atoms with Gasteiger partial charge in [0.05, 0.1) is 0 Å². The second-order valence-electron chi connectivity index (χ2n) is 4.90. The zero-order valence-electron chi connectivity index (χ0n) is 10.8. The van der Waals surface area contributed by atoms with E-state index in [1.807, 2.05) is 0 Å². The fourth-order valence-corrected chi connectivity index (χ4v) is 2.39. The normalized spacial score (nSPS) is 28.6. The van der Waals surface area contributed by atoms with Crippen LogP contribution in [0.4, 0.5) is 0 Å². The Labute approximate surface area is 95.4 Å². The van der Waals surface area contributed by atoms with Gasteiger partial charge in [-0.3, -0.25) is 0 Å². The summed E-state index contributed by atoms with van der Waals surface area (Å²) >= 11 is 0. The molecular formula is C14H23B. The molecule has 1 aliphatic carbocycles. The molecule has 0 spiro atoms. The summed E-state index contributed by atoms with van der Waals surface area (Å²) in [6.45, 7) is 13.5. The summed E-state index contributed by atoms with van der Waals surface area (Å²) in [7, 11) is 0. The van der Waals surface area contributed by atoms with E-state index in [0.717, 1.165) is 5.92 Å². The predicted octanol–water partition coefficient (Wildman–Crippen LogP) is 3.80. The Bertz CT molecular complexity index is 303. The summed E-state index contributed by atoms with van der Waals surface area (Å²) < 4.78 is 0. The molecule has 0 heterocycles. The van der Waals surface area contributed by atoms with Crippen LogP contribution in [0.3, 0.4) is 0 Å². The van der Waals surface area contributed by atoms with Crippen LogP contribution in [0.1, 0.15) is 47.5 Å². The van der Waals surface area contributed by atoms with E-state index < -0.39 is 0 Å². The van der Waals surface area contributed by atoms with Crippen LogP contribution in [-0.2, 0) is 0 Å². The van der Waals surface area contributed by atoms with Gasteiger partial charge in [-0.05, 0) is 0 Å². The molecule has 0 aromatic heterocycles. The first-order valence-electron chi connectivity index (χ1n) is 6.11. The van der Waals surface area contributed by atoms with E-state index in [-0.39, 0.29) is 0 Å². The van der Waals surface area contributed by atoms with Crippen molar-refractivity contribution < 1.29 is 0 Å². The van der Waals surface area contributed by atoms with E-state index in [1.54, 1.807) is 0 Å².